The van der Waals surface area contributed by atoms with Gasteiger partial charge in [-0.15, -0.1) is 0 Å². The molecule has 1 atom stereocenters. The Morgan fingerprint density at radius 3 is 2.79 bits per heavy atom. The van der Waals surface area contributed by atoms with Crippen molar-refractivity contribution in [2.45, 2.75) is 53.0 Å². The average molecular weight is 474 g/mol. The van der Waals surface area contributed by atoms with Gasteiger partial charge in [0.2, 0.25) is 0 Å². The summed E-state index contributed by atoms with van der Waals surface area (Å²) in [7, 11) is 0. The van der Waals surface area contributed by atoms with Crippen LogP contribution < -0.4 is 5.32 Å². The number of hydrogen-bond acceptors (Lipinski definition) is 5. The first-order chi connectivity index (χ1) is 15.8. The zero-order valence-electron chi connectivity index (χ0n) is 19.6. The van der Waals surface area contributed by atoms with Crippen LogP contribution in [-0.2, 0) is 28.9 Å². The van der Waals surface area contributed by atoms with Crippen LogP contribution in [0.4, 0.5) is 0 Å². The number of fused-ring (bicyclic) bond motifs is 1. The van der Waals surface area contributed by atoms with Crippen LogP contribution in [0, 0.1) is 18.3 Å². The van der Waals surface area contributed by atoms with Crippen LogP contribution in [0.3, 0.4) is 0 Å². The first-order valence-electron chi connectivity index (χ1n) is 11.7. The van der Waals surface area contributed by atoms with E-state index in [1.54, 1.807) is 18.2 Å². The van der Waals surface area contributed by atoms with Gasteiger partial charge in [-0.1, -0.05) is 25.4 Å². The van der Waals surface area contributed by atoms with Crippen LogP contribution in [0.2, 0.25) is 5.02 Å². The molecule has 1 spiro atoms. The van der Waals surface area contributed by atoms with Gasteiger partial charge in [-0.3, -0.25) is 9.48 Å². The highest BCUT2D eigenvalue weighted by atomic mass is 35.5. The molecule has 1 N–H and O–H groups in total. The maximum Gasteiger partial charge on any atom is 0.338 e. The standard InChI is InChI=1S/C25H32ClN3O4/c1-4-20-22-21(12-25(15-27-23(22)30)5-7-32-8-6-25)29(28-20)13-17(3)14-33-24(31)18-9-16(2)10-19(26)11-18/h9-11,17H,4-8,12-15H2,1-3H3,(H,27,30)/t17-/m1/s1. The first kappa shape index (κ1) is 23.8. The Balaban J connectivity index is 1.50. The number of ether oxygens (including phenoxy) is 2. The summed E-state index contributed by atoms with van der Waals surface area (Å²) in [5.74, 6) is -0.395. The van der Waals surface area contributed by atoms with Crippen molar-refractivity contribution in [1.29, 1.82) is 0 Å². The van der Waals surface area contributed by atoms with Crippen molar-refractivity contribution in [3.05, 3.63) is 51.3 Å². The van der Waals surface area contributed by atoms with E-state index in [1.165, 1.54) is 0 Å². The molecular formula is C25H32ClN3O4. The van der Waals surface area contributed by atoms with Gasteiger partial charge in [0, 0.05) is 37.2 Å². The quantitative estimate of drug-likeness (QED) is 0.641. The van der Waals surface area contributed by atoms with E-state index in [4.69, 9.17) is 26.2 Å². The second kappa shape index (κ2) is 9.85. The van der Waals surface area contributed by atoms with Crippen molar-refractivity contribution in [1.82, 2.24) is 15.1 Å². The number of nitrogens with zero attached hydrogens (tertiary/aromatic N) is 2. The molecule has 2 aromatic rings. The minimum absolute atomic E-state index is 0.00208. The predicted molar refractivity (Wildman–Crippen MR) is 126 cm³/mol. The minimum Gasteiger partial charge on any atom is -0.462 e. The number of nitrogens with one attached hydrogen (secondary N) is 1. The summed E-state index contributed by atoms with van der Waals surface area (Å²) in [6.45, 7) is 8.87. The van der Waals surface area contributed by atoms with Gasteiger partial charge in [-0.2, -0.15) is 5.10 Å². The third-order valence-corrected chi connectivity index (χ3v) is 6.89. The van der Waals surface area contributed by atoms with Gasteiger partial charge >= 0.3 is 5.97 Å². The zero-order valence-corrected chi connectivity index (χ0v) is 20.3. The molecule has 0 unspecified atom stereocenters. The zero-order chi connectivity index (χ0) is 23.6. The van der Waals surface area contributed by atoms with Gasteiger partial charge in [0.05, 0.1) is 29.1 Å². The lowest BCUT2D eigenvalue weighted by Crippen LogP contribution is -2.41. The Hall–Kier alpha value is -2.38. The molecule has 1 saturated heterocycles. The fourth-order valence-electron chi connectivity index (χ4n) is 4.83. The Bertz CT molecular complexity index is 1020. The first-order valence-corrected chi connectivity index (χ1v) is 12.1. The Morgan fingerprint density at radius 2 is 2.09 bits per heavy atom. The third-order valence-electron chi connectivity index (χ3n) is 6.67. The number of halogens is 1. The van der Waals surface area contributed by atoms with Gasteiger partial charge in [0.25, 0.3) is 5.91 Å². The topological polar surface area (TPSA) is 82.5 Å². The summed E-state index contributed by atoms with van der Waals surface area (Å²) in [6.07, 6.45) is 3.33. The number of esters is 1. The SMILES string of the molecule is CCc1nn(C[C@@H](C)COC(=O)c2cc(C)cc(Cl)c2)c2c1C(=O)NCC1(CCOCC1)C2. The lowest BCUT2D eigenvalue weighted by Gasteiger charge is -2.36. The molecule has 0 saturated carbocycles. The van der Waals surface area contributed by atoms with Crippen molar-refractivity contribution in [3.8, 4) is 0 Å². The van der Waals surface area contributed by atoms with Gasteiger partial charge in [0.15, 0.2) is 0 Å². The molecule has 0 aliphatic carbocycles. The number of aromatic nitrogens is 2. The van der Waals surface area contributed by atoms with E-state index in [1.807, 2.05) is 25.5 Å². The van der Waals surface area contributed by atoms with Crippen molar-refractivity contribution in [3.63, 3.8) is 0 Å². The summed E-state index contributed by atoms with van der Waals surface area (Å²) in [4.78, 5) is 25.5. The molecule has 0 radical (unpaired) electrons. The van der Waals surface area contributed by atoms with Crippen LogP contribution >= 0.6 is 11.6 Å². The summed E-state index contributed by atoms with van der Waals surface area (Å²) in [5, 5.41) is 8.45. The highest BCUT2D eigenvalue weighted by Gasteiger charge is 2.39. The van der Waals surface area contributed by atoms with Crippen molar-refractivity contribution in [2.24, 2.45) is 11.3 Å². The molecule has 1 aromatic carbocycles. The molecule has 3 heterocycles. The molecular weight excluding hydrogens is 442 g/mol. The summed E-state index contributed by atoms with van der Waals surface area (Å²) >= 11 is 6.07. The predicted octanol–water partition coefficient (Wildman–Crippen LogP) is 3.98. The Kier molecular flexibility index (Phi) is 7.10. The van der Waals surface area contributed by atoms with Crippen LogP contribution in [0.25, 0.3) is 0 Å². The molecule has 7 nitrogen and oxygen atoms in total. The number of carbonyl (C=O) groups excluding carboxylic acids is 2. The molecule has 2 aliphatic rings. The molecule has 4 rings (SSSR count). The Labute approximate surface area is 199 Å². The number of benzene rings is 1. The molecule has 1 fully saturated rings. The Morgan fingerprint density at radius 1 is 1.33 bits per heavy atom. The fourth-order valence-corrected chi connectivity index (χ4v) is 5.12. The third kappa shape index (κ3) is 5.25. The molecule has 1 amide bonds. The molecule has 0 bridgehead atoms. The fraction of sp³-hybridized carbons (Fsp3) is 0.560. The lowest BCUT2D eigenvalue weighted by molar-refractivity contribution is 0.0151. The highest BCUT2D eigenvalue weighted by Crippen LogP contribution is 2.37. The van der Waals surface area contributed by atoms with Gasteiger partial charge in [-0.05, 0) is 61.8 Å². The van der Waals surface area contributed by atoms with E-state index in [9.17, 15) is 9.59 Å². The number of carbonyl (C=O) groups is 2. The molecule has 2 aliphatic heterocycles. The molecule has 1 aromatic heterocycles. The van der Waals surface area contributed by atoms with Crippen molar-refractivity contribution < 1.29 is 19.1 Å². The van der Waals surface area contributed by atoms with Gasteiger partial charge in [0.1, 0.15) is 0 Å². The lowest BCUT2D eigenvalue weighted by atomic mass is 9.76. The molecule has 8 heteroatoms. The van der Waals surface area contributed by atoms with E-state index < -0.39 is 0 Å². The monoisotopic (exact) mass is 473 g/mol. The van der Waals surface area contributed by atoms with Gasteiger partial charge < -0.3 is 14.8 Å². The van der Waals surface area contributed by atoms with Crippen molar-refractivity contribution in [2.75, 3.05) is 26.4 Å². The number of hydrogen-bond donors (Lipinski definition) is 1. The van der Waals surface area contributed by atoms with E-state index >= 15 is 0 Å². The molecule has 33 heavy (non-hydrogen) atoms. The minimum atomic E-state index is -0.387. The molecule has 178 valence electrons. The average Bonchev–Trinajstić information content (AvgIpc) is 3.05. The van der Waals surface area contributed by atoms with E-state index in [0.717, 1.165) is 55.0 Å². The van der Waals surface area contributed by atoms with E-state index in [-0.39, 0.29) is 29.8 Å². The van der Waals surface area contributed by atoms with Gasteiger partial charge in [-0.25, -0.2) is 4.79 Å². The number of rotatable bonds is 6. The normalized spacial score (nSPS) is 18.4. The summed E-state index contributed by atoms with van der Waals surface area (Å²) in [5.41, 5.74) is 3.90. The highest BCUT2D eigenvalue weighted by molar-refractivity contribution is 6.31. The second-order valence-electron chi connectivity index (χ2n) is 9.50. The van der Waals surface area contributed by atoms with Crippen LogP contribution in [0.5, 0.6) is 0 Å². The summed E-state index contributed by atoms with van der Waals surface area (Å²) in [6, 6.07) is 5.19. The summed E-state index contributed by atoms with van der Waals surface area (Å²) < 4.78 is 13.1. The van der Waals surface area contributed by atoms with Crippen LogP contribution in [0.1, 0.15) is 64.4 Å². The largest absolute Gasteiger partial charge is 0.462 e. The number of amides is 1. The van der Waals surface area contributed by atoms with Crippen LogP contribution in [-0.4, -0.2) is 48.0 Å². The maximum absolute atomic E-state index is 13.0. The smallest absolute Gasteiger partial charge is 0.338 e. The number of aryl methyl sites for hydroxylation is 2. The van der Waals surface area contributed by atoms with E-state index in [2.05, 4.69) is 5.32 Å². The van der Waals surface area contributed by atoms with Crippen molar-refractivity contribution >= 4 is 23.5 Å². The van der Waals surface area contributed by atoms with Crippen LogP contribution in [0.15, 0.2) is 18.2 Å². The second-order valence-corrected chi connectivity index (χ2v) is 9.93. The maximum atomic E-state index is 13.0. The van der Waals surface area contributed by atoms with E-state index in [0.29, 0.717) is 30.1 Å².